The number of nitrogens with one attached hydrogen (secondary N) is 3. The van der Waals surface area contributed by atoms with Crippen LogP contribution in [0.5, 0.6) is 0 Å². The van der Waals surface area contributed by atoms with Gasteiger partial charge in [-0.3, -0.25) is 19.8 Å². The number of hydrogen-bond acceptors (Lipinski definition) is 5. The van der Waals surface area contributed by atoms with Crippen molar-refractivity contribution in [1.82, 2.24) is 25.3 Å². The first-order valence-electron chi connectivity index (χ1n) is 10.7. The summed E-state index contributed by atoms with van der Waals surface area (Å²) in [7, 11) is 1.64. The minimum Gasteiger partial charge on any atom is -0.369 e. The van der Waals surface area contributed by atoms with Crippen molar-refractivity contribution in [2.45, 2.75) is 18.9 Å². The zero-order chi connectivity index (χ0) is 23.9. The number of likely N-dealkylation sites (N-methyl/N-ethyl adjacent to an activating group) is 1. The number of fused-ring (bicyclic) bond motifs is 1. The summed E-state index contributed by atoms with van der Waals surface area (Å²) in [6.45, 7) is 2.39. The Morgan fingerprint density at radius 2 is 2.09 bits per heavy atom. The third kappa shape index (κ3) is 3.80. The number of aliphatic hydroxyl groups is 1. The number of carbonyl (C=O) groups is 2. The molecule has 0 saturated carbocycles. The Morgan fingerprint density at radius 3 is 2.82 bits per heavy atom. The number of likely N-dealkylation sites (tertiary alicyclic amines) is 1. The van der Waals surface area contributed by atoms with Crippen molar-refractivity contribution < 1.29 is 14.7 Å². The lowest BCUT2D eigenvalue weighted by atomic mass is 10.0. The predicted octanol–water partition coefficient (Wildman–Crippen LogP) is 2.46. The molecule has 2 aromatic carbocycles. The van der Waals surface area contributed by atoms with E-state index < -0.39 is 11.5 Å². The molecular formula is C25H22N6O3. The van der Waals surface area contributed by atoms with Gasteiger partial charge in [-0.15, -0.1) is 0 Å². The number of hydrogen-bond donors (Lipinski definition) is 4. The van der Waals surface area contributed by atoms with E-state index in [0.29, 0.717) is 23.2 Å². The second-order valence-corrected chi connectivity index (χ2v) is 8.36. The number of aryl methyl sites for hydroxylation is 1. The van der Waals surface area contributed by atoms with Gasteiger partial charge in [-0.1, -0.05) is 24.0 Å². The molecule has 1 fully saturated rings. The first kappa shape index (κ1) is 21.4. The van der Waals surface area contributed by atoms with Crippen LogP contribution >= 0.6 is 0 Å². The molecule has 170 valence electrons. The molecule has 0 aliphatic carbocycles. The number of amides is 2. The molecule has 4 N–H and O–H groups in total. The van der Waals surface area contributed by atoms with Crippen LogP contribution in [0.15, 0.2) is 48.7 Å². The second-order valence-electron chi connectivity index (χ2n) is 8.36. The lowest BCUT2D eigenvalue weighted by Gasteiger charge is -2.13. The molecule has 1 aliphatic heterocycles. The van der Waals surface area contributed by atoms with E-state index in [1.807, 2.05) is 25.1 Å². The number of nitrogens with zero attached hydrogens (tertiary/aromatic N) is 3. The Morgan fingerprint density at radius 1 is 1.24 bits per heavy atom. The lowest BCUT2D eigenvalue weighted by molar-refractivity contribution is -0.137. The molecule has 34 heavy (non-hydrogen) atoms. The Kier molecular flexibility index (Phi) is 5.15. The zero-order valence-corrected chi connectivity index (χ0v) is 18.6. The number of H-pyrrole nitrogens is 2. The van der Waals surface area contributed by atoms with E-state index in [2.05, 4.69) is 37.6 Å². The lowest BCUT2D eigenvalue weighted by Crippen LogP contribution is -2.37. The summed E-state index contributed by atoms with van der Waals surface area (Å²) in [6, 6.07) is 12.7. The quantitative estimate of drug-likeness (QED) is 0.354. The first-order valence-corrected chi connectivity index (χ1v) is 10.7. The number of carbonyl (C=O) groups excluding carboxylic acids is 2. The van der Waals surface area contributed by atoms with Crippen LogP contribution in [0.1, 0.15) is 28.2 Å². The summed E-state index contributed by atoms with van der Waals surface area (Å²) in [4.78, 5) is 26.6. The van der Waals surface area contributed by atoms with Crippen molar-refractivity contribution in [2.75, 3.05) is 18.9 Å². The molecular weight excluding hydrogens is 432 g/mol. The molecule has 1 saturated heterocycles. The zero-order valence-electron chi connectivity index (χ0n) is 18.6. The van der Waals surface area contributed by atoms with E-state index in [9.17, 15) is 14.7 Å². The van der Waals surface area contributed by atoms with Crippen molar-refractivity contribution in [1.29, 1.82) is 0 Å². The molecule has 5 rings (SSSR count). The van der Waals surface area contributed by atoms with Crippen LogP contribution in [0.3, 0.4) is 0 Å². The van der Waals surface area contributed by atoms with Crippen LogP contribution in [0, 0.1) is 18.8 Å². The largest absolute Gasteiger partial charge is 0.369 e. The SMILES string of the molecule is Cc1[nH]ncc1-c1ccc2[nH]nc(C(=O)Nc3cccc(C#C[C@]4(O)CCN(C)C4=O)c3)c2c1. The minimum atomic E-state index is -1.67. The van der Waals surface area contributed by atoms with Crippen molar-refractivity contribution in [3.05, 3.63) is 65.6 Å². The van der Waals surface area contributed by atoms with Gasteiger partial charge in [0.25, 0.3) is 11.8 Å². The molecule has 9 heteroatoms. The van der Waals surface area contributed by atoms with Gasteiger partial charge in [-0.2, -0.15) is 10.2 Å². The predicted molar refractivity (Wildman–Crippen MR) is 127 cm³/mol. The molecule has 2 amide bonds. The normalized spacial score (nSPS) is 17.6. The summed E-state index contributed by atoms with van der Waals surface area (Å²) < 4.78 is 0. The van der Waals surface area contributed by atoms with Crippen LogP contribution in [-0.4, -0.2) is 61.4 Å². The molecule has 0 bridgehead atoms. The number of anilines is 1. The van der Waals surface area contributed by atoms with Crippen molar-refractivity contribution in [3.8, 4) is 23.0 Å². The maximum atomic E-state index is 13.0. The highest BCUT2D eigenvalue weighted by Gasteiger charge is 2.42. The maximum Gasteiger partial charge on any atom is 0.276 e. The maximum absolute atomic E-state index is 13.0. The minimum absolute atomic E-state index is 0.262. The van der Waals surface area contributed by atoms with Gasteiger partial charge < -0.3 is 15.3 Å². The van der Waals surface area contributed by atoms with E-state index in [1.165, 1.54) is 4.90 Å². The molecule has 2 aromatic heterocycles. The van der Waals surface area contributed by atoms with Gasteiger partial charge in [0.05, 0.1) is 11.7 Å². The fourth-order valence-corrected chi connectivity index (χ4v) is 4.01. The van der Waals surface area contributed by atoms with Crippen LogP contribution in [0.2, 0.25) is 0 Å². The molecule has 0 radical (unpaired) electrons. The van der Waals surface area contributed by atoms with E-state index in [-0.39, 0.29) is 18.0 Å². The fourth-order valence-electron chi connectivity index (χ4n) is 4.01. The van der Waals surface area contributed by atoms with Gasteiger partial charge in [0.2, 0.25) is 5.60 Å². The van der Waals surface area contributed by atoms with Crippen LogP contribution < -0.4 is 5.32 Å². The smallest absolute Gasteiger partial charge is 0.276 e. The van der Waals surface area contributed by atoms with Crippen molar-refractivity contribution in [3.63, 3.8) is 0 Å². The highest BCUT2D eigenvalue weighted by molar-refractivity contribution is 6.11. The topological polar surface area (TPSA) is 127 Å². The first-order chi connectivity index (χ1) is 16.3. The van der Waals surface area contributed by atoms with Crippen LogP contribution in [0.25, 0.3) is 22.0 Å². The monoisotopic (exact) mass is 454 g/mol. The van der Waals surface area contributed by atoms with Gasteiger partial charge in [0, 0.05) is 47.9 Å². The highest BCUT2D eigenvalue weighted by Crippen LogP contribution is 2.27. The van der Waals surface area contributed by atoms with Gasteiger partial charge in [0.15, 0.2) is 5.69 Å². The van der Waals surface area contributed by atoms with E-state index in [1.54, 1.807) is 37.5 Å². The van der Waals surface area contributed by atoms with E-state index in [4.69, 9.17) is 0 Å². The number of rotatable bonds is 3. The summed E-state index contributed by atoms with van der Waals surface area (Å²) in [5, 5.41) is 28.1. The van der Waals surface area contributed by atoms with Gasteiger partial charge in [-0.05, 0) is 42.8 Å². The third-order valence-corrected chi connectivity index (χ3v) is 5.96. The summed E-state index contributed by atoms with van der Waals surface area (Å²) in [5.74, 6) is 4.77. The number of aromatic nitrogens is 4. The third-order valence-electron chi connectivity index (χ3n) is 5.96. The average molecular weight is 454 g/mol. The Labute approximate surface area is 195 Å². The fraction of sp³-hybridized carbons (Fsp3) is 0.200. The molecule has 0 unspecified atom stereocenters. The molecule has 3 heterocycles. The molecule has 4 aromatic rings. The van der Waals surface area contributed by atoms with Gasteiger partial charge in [0.1, 0.15) is 0 Å². The number of aromatic amines is 2. The van der Waals surface area contributed by atoms with Crippen molar-refractivity contribution >= 4 is 28.4 Å². The van der Waals surface area contributed by atoms with Gasteiger partial charge >= 0.3 is 0 Å². The standard InChI is InChI=1S/C25H22N6O3/c1-15-20(14-26-28-15)17-6-7-21-19(13-17)22(30-29-21)23(32)27-18-5-3-4-16(12-18)8-9-25(34)10-11-31(2)24(25)33/h3-7,12-14,34H,10-11H2,1-2H3,(H,26,28)(H,27,32)(H,29,30)/t25-/m0/s1. The molecule has 1 aliphatic rings. The molecule has 0 spiro atoms. The summed E-state index contributed by atoms with van der Waals surface area (Å²) in [6.07, 6.45) is 2.01. The van der Waals surface area contributed by atoms with E-state index in [0.717, 1.165) is 22.3 Å². The Bertz CT molecular complexity index is 1490. The van der Waals surface area contributed by atoms with Crippen LogP contribution in [-0.2, 0) is 4.79 Å². The average Bonchev–Trinajstić information content (AvgIpc) is 3.52. The van der Waals surface area contributed by atoms with Gasteiger partial charge in [-0.25, -0.2) is 0 Å². The molecule has 1 atom stereocenters. The van der Waals surface area contributed by atoms with Crippen molar-refractivity contribution in [2.24, 2.45) is 0 Å². The Hall–Kier alpha value is -4.42. The number of benzene rings is 2. The summed E-state index contributed by atoms with van der Waals surface area (Å²) in [5.41, 5.74) is 3.24. The second kappa shape index (κ2) is 8.17. The summed E-state index contributed by atoms with van der Waals surface area (Å²) >= 11 is 0. The Balaban J connectivity index is 1.39. The van der Waals surface area contributed by atoms with Crippen LogP contribution in [0.4, 0.5) is 5.69 Å². The highest BCUT2D eigenvalue weighted by atomic mass is 16.3. The molecule has 9 nitrogen and oxygen atoms in total. The van der Waals surface area contributed by atoms with E-state index >= 15 is 0 Å².